The number of aliphatic hydroxyl groups excluding tert-OH is 1. The summed E-state index contributed by atoms with van der Waals surface area (Å²) in [6.45, 7) is 0.0562. The molecule has 0 aromatic heterocycles. The first-order valence-electron chi connectivity index (χ1n) is 6.94. The van der Waals surface area contributed by atoms with Crippen LogP contribution in [0.15, 0.2) is 18.2 Å². The second-order valence-electron chi connectivity index (χ2n) is 5.19. The quantitative estimate of drug-likeness (QED) is 0.564. The molecule has 0 aliphatic heterocycles. The smallest absolute Gasteiger partial charge is 0.292 e. The van der Waals surface area contributed by atoms with Gasteiger partial charge in [-0.1, -0.05) is 6.42 Å². The van der Waals surface area contributed by atoms with Crippen molar-refractivity contribution in [2.24, 2.45) is 5.92 Å². The van der Waals surface area contributed by atoms with E-state index in [1.54, 1.807) is 0 Å². The van der Waals surface area contributed by atoms with E-state index in [1.165, 1.54) is 25.2 Å². The van der Waals surface area contributed by atoms with E-state index in [0.29, 0.717) is 11.3 Å². The van der Waals surface area contributed by atoms with Crippen molar-refractivity contribution < 1.29 is 14.8 Å². The SMILES string of the molecule is CNC(=O)c1ccc([N+](=O)[O-])c(NC2CCCC2CO)c1. The van der Waals surface area contributed by atoms with Gasteiger partial charge in [0.05, 0.1) is 4.92 Å². The van der Waals surface area contributed by atoms with Crippen molar-refractivity contribution in [2.45, 2.75) is 25.3 Å². The Bertz CT molecular complexity index is 547. The third-order valence-corrected chi connectivity index (χ3v) is 3.92. The predicted molar refractivity (Wildman–Crippen MR) is 78.3 cm³/mol. The fraction of sp³-hybridized carbons (Fsp3) is 0.500. The van der Waals surface area contributed by atoms with Crippen LogP contribution in [-0.2, 0) is 0 Å². The van der Waals surface area contributed by atoms with Crippen LogP contribution in [-0.4, -0.2) is 35.6 Å². The highest BCUT2D eigenvalue weighted by Gasteiger charge is 2.28. The van der Waals surface area contributed by atoms with Crippen molar-refractivity contribution in [3.8, 4) is 0 Å². The lowest BCUT2D eigenvalue weighted by Gasteiger charge is -2.20. The molecule has 0 heterocycles. The van der Waals surface area contributed by atoms with Gasteiger partial charge in [-0.3, -0.25) is 14.9 Å². The van der Waals surface area contributed by atoms with E-state index in [4.69, 9.17) is 0 Å². The summed E-state index contributed by atoms with van der Waals surface area (Å²) in [6.07, 6.45) is 2.73. The number of aliphatic hydroxyl groups is 1. The first-order chi connectivity index (χ1) is 10.1. The second-order valence-corrected chi connectivity index (χ2v) is 5.19. The largest absolute Gasteiger partial charge is 0.396 e. The van der Waals surface area contributed by atoms with Crippen molar-refractivity contribution in [2.75, 3.05) is 19.0 Å². The first-order valence-corrected chi connectivity index (χ1v) is 6.94. The second kappa shape index (κ2) is 6.53. The Hall–Kier alpha value is -2.15. The zero-order valence-corrected chi connectivity index (χ0v) is 11.8. The van der Waals surface area contributed by atoms with Crippen molar-refractivity contribution >= 4 is 17.3 Å². The number of nitro benzene ring substituents is 1. The maximum absolute atomic E-state index is 11.7. The van der Waals surface area contributed by atoms with E-state index in [1.807, 2.05) is 0 Å². The molecule has 3 N–H and O–H groups in total. The van der Waals surface area contributed by atoms with Gasteiger partial charge in [-0.05, 0) is 25.0 Å². The van der Waals surface area contributed by atoms with Gasteiger partial charge in [-0.2, -0.15) is 0 Å². The number of amides is 1. The standard InChI is InChI=1S/C14H19N3O4/c1-15-14(19)9-5-6-13(17(20)21)12(7-9)16-11-4-2-3-10(11)8-18/h5-7,10-11,16,18H,2-4,8H2,1H3,(H,15,19). The molecule has 2 atom stereocenters. The van der Waals surface area contributed by atoms with Crippen LogP contribution in [0.4, 0.5) is 11.4 Å². The lowest BCUT2D eigenvalue weighted by atomic mass is 10.0. The number of hydrogen-bond acceptors (Lipinski definition) is 5. The van der Waals surface area contributed by atoms with Gasteiger partial charge in [0, 0.05) is 37.2 Å². The molecule has 0 saturated heterocycles. The van der Waals surface area contributed by atoms with Crippen LogP contribution >= 0.6 is 0 Å². The summed E-state index contributed by atoms with van der Waals surface area (Å²) in [6, 6.07) is 4.24. The van der Waals surface area contributed by atoms with Gasteiger partial charge in [-0.25, -0.2) is 0 Å². The lowest BCUT2D eigenvalue weighted by molar-refractivity contribution is -0.384. The first kappa shape index (κ1) is 15.2. The highest BCUT2D eigenvalue weighted by Crippen LogP contribution is 2.32. The fourth-order valence-electron chi connectivity index (χ4n) is 2.74. The molecule has 2 unspecified atom stereocenters. The van der Waals surface area contributed by atoms with Gasteiger partial charge in [0.15, 0.2) is 0 Å². The minimum atomic E-state index is -0.473. The Kier molecular flexibility index (Phi) is 4.74. The van der Waals surface area contributed by atoms with Crippen LogP contribution in [0.3, 0.4) is 0 Å². The zero-order valence-electron chi connectivity index (χ0n) is 11.8. The third-order valence-electron chi connectivity index (χ3n) is 3.92. The van der Waals surface area contributed by atoms with E-state index in [2.05, 4.69) is 10.6 Å². The molecule has 1 amide bonds. The minimum Gasteiger partial charge on any atom is -0.396 e. The zero-order chi connectivity index (χ0) is 15.4. The predicted octanol–water partition coefficient (Wildman–Crippen LogP) is 1.53. The molecule has 0 radical (unpaired) electrons. The number of nitro groups is 1. The lowest BCUT2D eigenvalue weighted by Crippen LogP contribution is -2.27. The Morgan fingerprint density at radius 2 is 2.24 bits per heavy atom. The molecule has 7 nitrogen and oxygen atoms in total. The third kappa shape index (κ3) is 3.30. The summed E-state index contributed by atoms with van der Waals surface area (Å²) in [4.78, 5) is 22.3. The van der Waals surface area contributed by atoms with Gasteiger partial charge in [0.25, 0.3) is 11.6 Å². The maximum atomic E-state index is 11.7. The summed E-state index contributed by atoms with van der Waals surface area (Å²) < 4.78 is 0. The molecule has 0 spiro atoms. The Morgan fingerprint density at radius 1 is 1.48 bits per heavy atom. The van der Waals surface area contributed by atoms with Gasteiger partial charge in [0.1, 0.15) is 5.69 Å². The van der Waals surface area contributed by atoms with Gasteiger partial charge in [0.2, 0.25) is 0 Å². The van der Waals surface area contributed by atoms with Crippen LogP contribution in [0.5, 0.6) is 0 Å². The topological polar surface area (TPSA) is 104 Å². The van der Waals surface area contributed by atoms with E-state index in [9.17, 15) is 20.0 Å². The Balaban J connectivity index is 2.30. The number of hydrogen-bond donors (Lipinski definition) is 3. The molecule has 7 heteroatoms. The average Bonchev–Trinajstić information content (AvgIpc) is 2.93. The van der Waals surface area contributed by atoms with E-state index in [-0.39, 0.29) is 30.2 Å². The molecule has 1 aromatic rings. The molecule has 21 heavy (non-hydrogen) atoms. The number of carbonyl (C=O) groups is 1. The molecule has 2 rings (SSSR count). The minimum absolute atomic E-state index is 0.00589. The Morgan fingerprint density at radius 3 is 2.86 bits per heavy atom. The molecular formula is C14H19N3O4. The molecule has 0 bridgehead atoms. The van der Waals surface area contributed by atoms with Crippen LogP contribution in [0.25, 0.3) is 0 Å². The van der Waals surface area contributed by atoms with Gasteiger partial charge in [-0.15, -0.1) is 0 Å². The van der Waals surface area contributed by atoms with Crippen LogP contribution in [0.1, 0.15) is 29.6 Å². The molecule has 1 aromatic carbocycles. The summed E-state index contributed by atoms with van der Waals surface area (Å²) >= 11 is 0. The number of carbonyl (C=O) groups excluding carboxylic acids is 1. The van der Waals surface area contributed by atoms with Crippen molar-refractivity contribution in [3.05, 3.63) is 33.9 Å². The highest BCUT2D eigenvalue weighted by atomic mass is 16.6. The normalized spacial score (nSPS) is 21.0. The van der Waals surface area contributed by atoms with Crippen molar-refractivity contribution in [1.82, 2.24) is 5.32 Å². The van der Waals surface area contributed by atoms with E-state index in [0.717, 1.165) is 19.3 Å². The monoisotopic (exact) mass is 293 g/mol. The number of anilines is 1. The number of rotatable bonds is 5. The summed E-state index contributed by atoms with van der Waals surface area (Å²) in [7, 11) is 1.51. The van der Waals surface area contributed by atoms with Crippen molar-refractivity contribution in [3.63, 3.8) is 0 Å². The molecule has 1 aliphatic rings. The summed E-state index contributed by atoms with van der Waals surface area (Å²) in [5.74, 6) is -0.202. The highest BCUT2D eigenvalue weighted by molar-refractivity contribution is 5.95. The van der Waals surface area contributed by atoms with Gasteiger partial charge < -0.3 is 15.7 Å². The fourth-order valence-corrected chi connectivity index (χ4v) is 2.74. The summed E-state index contributed by atoms with van der Waals surface area (Å²) in [5, 5.41) is 26.1. The number of nitrogens with zero attached hydrogens (tertiary/aromatic N) is 1. The van der Waals surface area contributed by atoms with Crippen molar-refractivity contribution in [1.29, 1.82) is 0 Å². The molecule has 114 valence electrons. The van der Waals surface area contributed by atoms with E-state index < -0.39 is 4.92 Å². The molecule has 1 aliphatic carbocycles. The summed E-state index contributed by atoms with van der Waals surface area (Å²) in [5.41, 5.74) is 0.627. The number of benzene rings is 1. The van der Waals surface area contributed by atoms with Crippen LogP contribution < -0.4 is 10.6 Å². The molecule has 1 saturated carbocycles. The maximum Gasteiger partial charge on any atom is 0.292 e. The van der Waals surface area contributed by atoms with Gasteiger partial charge >= 0.3 is 0 Å². The molecular weight excluding hydrogens is 274 g/mol. The van der Waals surface area contributed by atoms with Crippen LogP contribution in [0, 0.1) is 16.0 Å². The molecule has 1 fully saturated rings. The average molecular weight is 293 g/mol. The number of nitrogens with one attached hydrogen (secondary N) is 2. The Labute approximate surface area is 122 Å². The van der Waals surface area contributed by atoms with Crippen LogP contribution in [0.2, 0.25) is 0 Å². The van der Waals surface area contributed by atoms with E-state index >= 15 is 0 Å².